The van der Waals surface area contributed by atoms with Crippen LogP contribution in [-0.4, -0.2) is 43.8 Å². The Labute approximate surface area is 270 Å². The van der Waals surface area contributed by atoms with Crippen molar-refractivity contribution in [1.82, 2.24) is 4.98 Å². The number of amidine groups is 1. The SMILES string of the molecule is O=C1/C(=C(\O)CS(=O)(=O)Nc2nc3ccc(Oc4ccccc4)cc3s2)S(=O)(=O)N=C2Sc3cc(Oc4ccccc4)ccc3N12. The summed E-state index contributed by atoms with van der Waals surface area (Å²) in [6, 6.07) is 27.9. The highest BCUT2D eigenvalue weighted by Crippen LogP contribution is 2.46. The van der Waals surface area contributed by atoms with Gasteiger partial charge in [-0.3, -0.25) is 14.4 Å². The Balaban J connectivity index is 1.11. The average molecular weight is 693 g/mol. The molecule has 0 atom stereocenters. The zero-order valence-electron chi connectivity index (χ0n) is 23.2. The van der Waals surface area contributed by atoms with Crippen LogP contribution in [0.15, 0.2) is 117 Å². The number of aliphatic hydroxyl groups is 1. The van der Waals surface area contributed by atoms with Crippen LogP contribution in [0, 0.1) is 0 Å². The maximum Gasteiger partial charge on any atom is 0.293 e. The van der Waals surface area contributed by atoms with Crippen LogP contribution in [0.2, 0.25) is 0 Å². The van der Waals surface area contributed by atoms with Gasteiger partial charge in [-0.05, 0) is 66.4 Å². The Hall–Kier alpha value is -4.90. The quantitative estimate of drug-likeness (QED) is 0.141. The fraction of sp³-hybridized carbons (Fsp3) is 0.0333. The maximum absolute atomic E-state index is 13.5. The van der Waals surface area contributed by atoms with Gasteiger partial charge in [0.25, 0.3) is 15.9 Å². The minimum Gasteiger partial charge on any atom is -0.509 e. The molecule has 16 heteroatoms. The fourth-order valence-corrected chi connectivity index (χ4v) is 9.32. The lowest BCUT2D eigenvalue weighted by Gasteiger charge is -2.23. The molecule has 3 heterocycles. The summed E-state index contributed by atoms with van der Waals surface area (Å²) in [5, 5.41) is 10.6. The first-order valence-corrected chi connectivity index (χ1v) is 18.1. The van der Waals surface area contributed by atoms with Gasteiger partial charge in [-0.15, -0.1) is 4.40 Å². The molecule has 46 heavy (non-hydrogen) atoms. The Bertz CT molecular complexity index is 2310. The number of sulfonamides is 2. The third-order valence-electron chi connectivity index (χ3n) is 6.57. The van der Waals surface area contributed by atoms with Crippen LogP contribution in [0.5, 0.6) is 23.0 Å². The number of rotatable bonds is 8. The van der Waals surface area contributed by atoms with E-state index in [1.54, 1.807) is 60.7 Å². The van der Waals surface area contributed by atoms with Crippen LogP contribution in [0.1, 0.15) is 0 Å². The second-order valence-corrected chi connectivity index (χ2v) is 15.1. The molecular formula is C30H20N4O8S4. The van der Waals surface area contributed by atoms with Gasteiger partial charge >= 0.3 is 0 Å². The molecule has 4 aromatic carbocycles. The van der Waals surface area contributed by atoms with Crippen molar-refractivity contribution in [3.05, 3.63) is 108 Å². The standard InChI is InChI=1S/C30H20N4O8S4/c35-24(17-45(37,38)32-29-31-22-13-11-20(15-25(22)43-29)41-18-7-3-1-4-8-18)27-28(36)34-23-14-12-21(42-19-9-5-2-6-10-19)16-26(23)44-30(34)33-46(27,39)40/h1-16,35H,17H2,(H,31,32)/b27-24+. The number of benzene rings is 4. The lowest BCUT2D eigenvalue weighted by molar-refractivity contribution is -0.113. The number of aliphatic hydroxyl groups excluding tert-OH is 1. The second kappa shape index (κ2) is 11.5. The summed E-state index contributed by atoms with van der Waals surface area (Å²) in [6.45, 7) is 0. The Morgan fingerprint density at radius 2 is 1.50 bits per heavy atom. The number of amides is 1. The zero-order chi connectivity index (χ0) is 32.1. The third kappa shape index (κ3) is 5.90. The molecule has 12 nitrogen and oxygen atoms in total. The molecule has 2 aliphatic heterocycles. The van der Waals surface area contributed by atoms with Gasteiger partial charge in [-0.1, -0.05) is 47.7 Å². The number of thiazole rings is 1. The number of fused-ring (bicyclic) bond motifs is 4. The molecule has 7 rings (SSSR count). The van der Waals surface area contributed by atoms with E-state index < -0.39 is 42.4 Å². The molecular weight excluding hydrogens is 673 g/mol. The number of ether oxygens (including phenoxy) is 2. The normalized spacial score (nSPS) is 16.4. The Morgan fingerprint density at radius 1 is 0.870 bits per heavy atom. The highest BCUT2D eigenvalue weighted by atomic mass is 32.2. The molecule has 2 N–H and O–H groups in total. The van der Waals surface area contributed by atoms with E-state index in [9.17, 15) is 26.7 Å². The van der Waals surface area contributed by atoms with Crippen LogP contribution in [0.3, 0.4) is 0 Å². The van der Waals surface area contributed by atoms with E-state index in [-0.39, 0.29) is 10.3 Å². The minimum atomic E-state index is -4.74. The van der Waals surface area contributed by atoms with Crippen LogP contribution < -0.4 is 19.1 Å². The number of hydrogen-bond acceptors (Lipinski definition) is 11. The Morgan fingerprint density at radius 3 is 2.17 bits per heavy atom. The number of hydrogen-bond donors (Lipinski definition) is 2. The smallest absolute Gasteiger partial charge is 0.293 e. The molecule has 0 spiro atoms. The first-order valence-electron chi connectivity index (χ1n) is 13.3. The number of thioether (sulfide) groups is 1. The van der Waals surface area contributed by atoms with Crippen molar-refractivity contribution in [3.63, 3.8) is 0 Å². The van der Waals surface area contributed by atoms with Crippen LogP contribution in [0.25, 0.3) is 10.2 Å². The van der Waals surface area contributed by atoms with Crippen LogP contribution in [0.4, 0.5) is 10.8 Å². The fourth-order valence-electron chi connectivity index (χ4n) is 4.64. The first kappa shape index (κ1) is 29.8. The number of anilines is 2. The van der Waals surface area contributed by atoms with E-state index in [0.29, 0.717) is 43.8 Å². The summed E-state index contributed by atoms with van der Waals surface area (Å²) < 4.78 is 70.3. The van der Waals surface area contributed by atoms with Crippen molar-refractivity contribution in [2.24, 2.45) is 4.40 Å². The lowest BCUT2D eigenvalue weighted by Crippen LogP contribution is -2.41. The van der Waals surface area contributed by atoms with Gasteiger partial charge in [0.15, 0.2) is 15.2 Å². The molecule has 0 unspecified atom stereocenters. The van der Waals surface area contributed by atoms with E-state index in [0.717, 1.165) is 28.0 Å². The lowest BCUT2D eigenvalue weighted by atomic mass is 10.2. The van der Waals surface area contributed by atoms with Gasteiger partial charge in [0, 0.05) is 11.0 Å². The molecule has 232 valence electrons. The average Bonchev–Trinajstić information content (AvgIpc) is 3.56. The van der Waals surface area contributed by atoms with Gasteiger partial charge < -0.3 is 14.6 Å². The largest absolute Gasteiger partial charge is 0.509 e. The summed E-state index contributed by atoms with van der Waals surface area (Å²) in [6.07, 6.45) is 0. The number of nitrogens with zero attached hydrogens (tertiary/aromatic N) is 3. The van der Waals surface area contributed by atoms with E-state index >= 15 is 0 Å². The molecule has 0 aliphatic carbocycles. The molecule has 0 fully saturated rings. The van der Waals surface area contributed by atoms with Crippen LogP contribution >= 0.6 is 23.1 Å². The molecule has 5 aromatic rings. The van der Waals surface area contributed by atoms with Crippen molar-refractivity contribution in [3.8, 4) is 23.0 Å². The number of nitrogens with one attached hydrogen (secondary N) is 1. The summed E-state index contributed by atoms with van der Waals surface area (Å²) in [5.74, 6) is -1.36. The third-order valence-corrected chi connectivity index (χ3v) is 11.2. The van der Waals surface area contributed by atoms with Crippen LogP contribution in [-0.2, 0) is 24.8 Å². The minimum absolute atomic E-state index is 0.0267. The van der Waals surface area contributed by atoms with Gasteiger partial charge in [0.1, 0.15) is 34.5 Å². The number of aromatic nitrogens is 1. The predicted octanol–water partition coefficient (Wildman–Crippen LogP) is 6.23. The van der Waals surface area contributed by atoms with E-state index in [1.165, 1.54) is 0 Å². The zero-order valence-corrected chi connectivity index (χ0v) is 26.5. The van der Waals surface area contributed by atoms with Gasteiger partial charge in [-0.2, -0.15) is 8.42 Å². The highest BCUT2D eigenvalue weighted by Gasteiger charge is 2.45. The first-order chi connectivity index (χ1) is 22.0. The highest BCUT2D eigenvalue weighted by molar-refractivity contribution is 8.16. The molecule has 0 radical (unpaired) electrons. The van der Waals surface area contributed by atoms with Crippen molar-refractivity contribution in [2.45, 2.75) is 4.90 Å². The van der Waals surface area contributed by atoms with E-state index in [2.05, 4.69) is 14.1 Å². The summed E-state index contributed by atoms with van der Waals surface area (Å²) in [7, 11) is -9.17. The number of carbonyl (C=O) groups is 1. The van der Waals surface area contributed by atoms with Crippen molar-refractivity contribution in [1.29, 1.82) is 0 Å². The summed E-state index contributed by atoms with van der Waals surface area (Å²) in [4.78, 5) is 18.1. The molecule has 1 amide bonds. The molecule has 0 bridgehead atoms. The molecule has 1 aromatic heterocycles. The topological polar surface area (TPSA) is 165 Å². The maximum atomic E-state index is 13.5. The molecule has 0 saturated carbocycles. The van der Waals surface area contributed by atoms with E-state index in [4.69, 9.17) is 9.47 Å². The van der Waals surface area contributed by atoms with Crippen molar-refractivity contribution >= 4 is 75.3 Å². The molecule has 0 saturated heterocycles. The van der Waals surface area contributed by atoms with E-state index in [1.807, 2.05) is 36.4 Å². The monoisotopic (exact) mass is 692 g/mol. The number of para-hydroxylation sites is 2. The van der Waals surface area contributed by atoms with Gasteiger partial charge in [0.05, 0.1) is 15.9 Å². The van der Waals surface area contributed by atoms with Gasteiger partial charge in [-0.25, -0.2) is 13.4 Å². The Kier molecular flexibility index (Phi) is 7.43. The van der Waals surface area contributed by atoms with Crippen molar-refractivity contribution in [2.75, 3.05) is 15.4 Å². The molecule has 2 aliphatic rings. The second-order valence-electron chi connectivity index (χ2n) is 9.84. The summed E-state index contributed by atoms with van der Waals surface area (Å²) in [5.41, 5.74) is 0.792. The van der Waals surface area contributed by atoms with Crippen molar-refractivity contribution < 1.29 is 36.2 Å². The number of carbonyl (C=O) groups excluding carboxylic acids is 1. The van der Waals surface area contributed by atoms with Gasteiger partial charge in [0.2, 0.25) is 10.0 Å². The predicted molar refractivity (Wildman–Crippen MR) is 176 cm³/mol. The summed E-state index contributed by atoms with van der Waals surface area (Å²) >= 11 is 1.94.